The molecule has 5 nitrogen and oxygen atoms in total. The minimum atomic E-state index is -1.24. The standard InChI is InChI=1S/C7H6INO2.C5H12N2/c8-4-1-2-6(9)5(3-4)7(10)11;1-7-4-2-6-3-5-7/h1-3H,9H2,(H,10,11);6H,2-5H2,1H3. The number of carboxylic acids is 1. The van der Waals surface area contributed by atoms with Crippen molar-refractivity contribution >= 4 is 34.2 Å². The van der Waals surface area contributed by atoms with Gasteiger partial charge < -0.3 is 21.0 Å². The van der Waals surface area contributed by atoms with Crippen LogP contribution in [-0.4, -0.2) is 44.1 Å². The van der Waals surface area contributed by atoms with Gasteiger partial charge in [-0.2, -0.15) is 0 Å². The molecular weight excluding hydrogens is 345 g/mol. The number of nitrogens with two attached hydrogens (primary N) is 2. The third-order valence-corrected chi connectivity index (χ3v) is 3.34. The van der Waals surface area contributed by atoms with Crippen LogP contribution in [0.5, 0.6) is 0 Å². The fraction of sp³-hybridized carbons (Fsp3) is 0.417. The van der Waals surface area contributed by atoms with Gasteiger partial charge in [0.1, 0.15) is 0 Å². The number of carboxylic acid groups (broad SMARTS) is 1. The first-order valence-corrected chi connectivity index (χ1v) is 6.85. The number of rotatable bonds is 1. The molecule has 0 aliphatic carbocycles. The van der Waals surface area contributed by atoms with Gasteiger partial charge in [0.05, 0.1) is 19.1 Å². The second-order valence-corrected chi connectivity index (χ2v) is 5.43. The Hall–Kier alpha value is -0.860. The van der Waals surface area contributed by atoms with Crippen molar-refractivity contribution in [1.29, 1.82) is 0 Å². The van der Waals surface area contributed by atoms with Gasteiger partial charge in [-0.05, 0) is 47.8 Å². The molecule has 1 fully saturated rings. The van der Waals surface area contributed by atoms with Crippen LogP contribution in [0.3, 0.4) is 0 Å². The van der Waals surface area contributed by atoms with Gasteiger partial charge in [-0.1, -0.05) is 0 Å². The van der Waals surface area contributed by atoms with Crippen LogP contribution in [0.1, 0.15) is 10.4 Å². The largest absolute Gasteiger partial charge is 0.545 e. The van der Waals surface area contributed by atoms with E-state index in [1.165, 1.54) is 32.2 Å². The van der Waals surface area contributed by atoms with E-state index in [0.29, 0.717) is 0 Å². The molecule has 1 heterocycles. The number of carbonyl (C=O) groups is 1. The number of anilines is 1. The van der Waals surface area contributed by atoms with Gasteiger partial charge >= 0.3 is 0 Å². The highest BCUT2D eigenvalue weighted by Crippen LogP contribution is 2.14. The molecule has 1 aliphatic heterocycles. The zero-order valence-electron chi connectivity index (χ0n) is 10.4. The highest BCUT2D eigenvalue weighted by atomic mass is 127. The summed E-state index contributed by atoms with van der Waals surface area (Å²) in [4.78, 5) is 12.7. The Bertz CT molecular complexity index is 406. The van der Waals surface area contributed by atoms with Crippen LogP contribution in [0, 0.1) is 3.57 Å². The minimum Gasteiger partial charge on any atom is -0.545 e. The number of quaternary nitrogens is 1. The highest BCUT2D eigenvalue weighted by Gasteiger charge is 2.04. The van der Waals surface area contributed by atoms with Crippen molar-refractivity contribution in [2.75, 3.05) is 39.0 Å². The molecule has 1 aromatic rings. The predicted molar refractivity (Wildman–Crippen MR) is 77.1 cm³/mol. The zero-order chi connectivity index (χ0) is 13.5. The van der Waals surface area contributed by atoms with Crippen molar-refractivity contribution in [2.24, 2.45) is 0 Å². The van der Waals surface area contributed by atoms with E-state index in [1.54, 1.807) is 12.1 Å². The quantitative estimate of drug-likeness (QED) is 0.482. The lowest BCUT2D eigenvalue weighted by molar-refractivity contribution is -0.662. The number of hydrogen-bond acceptors (Lipinski definition) is 4. The molecule has 18 heavy (non-hydrogen) atoms. The Labute approximate surface area is 120 Å². The second kappa shape index (κ2) is 7.55. The number of benzene rings is 1. The SMILES string of the molecule is CN1CC[NH2+]CC1.Nc1ccc(I)cc1C(=O)[O-]. The van der Waals surface area contributed by atoms with Gasteiger partial charge in [0.25, 0.3) is 0 Å². The molecular formula is C12H18IN3O2. The normalized spacial score (nSPS) is 15.7. The van der Waals surface area contributed by atoms with Crippen LogP contribution < -0.4 is 16.2 Å². The molecule has 4 N–H and O–H groups in total. The summed E-state index contributed by atoms with van der Waals surface area (Å²) >= 11 is 2.01. The van der Waals surface area contributed by atoms with Crippen LogP contribution in [0.4, 0.5) is 5.69 Å². The van der Waals surface area contributed by atoms with Crippen molar-refractivity contribution < 1.29 is 15.2 Å². The first-order valence-electron chi connectivity index (χ1n) is 5.77. The first-order chi connectivity index (χ1) is 8.50. The van der Waals surface area contributed by atoms with Crippen LogP contribution in [0.15, 0.2) is 18.2 Å². The van der Waals surface area contributed by atoms with E-state index in [2.05, 4.69) is 17.3 Å². The lowest BCUT2D eigenvalue weighted by Gasteiger charge is -2.19. The zero-order valence-corrected chi connectivity index (χ0v) is 12.5. The van der Waals surface area contributed by atoms with E-state index in [0.717, 1.165) is 3.57 Å². The molecule has 2 rings (SSSR count). The van der Waals surface area contributed by atoms with E-state index in [1.807, 2.05) is 22.6 Å². The molecule has 100 valence electrons. The molecule has 1 aliphatic rings. The maximum absolute atomic E-state index is 10.4. The third-order valence-electron chi connectivity index (χ3n) is 2.67. The van der Waals surface area contributed by atoms with Crippen LogP contribution >= 0.6 is 22.6 Å². The van der Waals surface area contributed by atoms with E-state index >= 15 is 0 Å². The Morgan fingerprint density at radius 2 is 2.06 bits per heavy atom. The van der Waals surface area contributed by atoms with Crippen molar-refractivity contribution in [2.45, 2.75) is 0 Å². The molecule has 1 aromatic carbocycles. The van der Waals surface area contributed by atoms with E-state index in [-0.39, 0.29) is 11.3 Å². The smallest absolute Gasteiger partial charge is 0.0884 e. The number of piperazine rings is 1. The summed E-state index contributed by atoms with van der Waals surface area (Å²) in [5.41, 5.74) is 5.66. The van der Waals surface area contributed by atoms with Gasteiger partial charge in [0.2, 0.25) is 0 Å². The molecule has 0 amide bonds. The summed E-state index contributed by atoms with van der Waals surface area (Å²) in [5, 5.41) is 12.7. The summed E-state index contributed by atoms with van der Waals surface area (Å²) in [6.45, 7) is 5.10. The van der Waals surface area contributed by atoms with Gasteiger partial charge in [-0.3, -0.25) is 4.90 Å². The Balaban J connectivity index is 0.000000199. The number of likely N-dealkylation sites (N-methyl/N-ethyl adjacent to an activating group) is 1. The Kier molecular flexibility index (Phi) is 6.37. The molecule has 6 heteroatoms. The third kappa shape index (κ3) is 5.19. The summed E-state index contributed by atoms with van der Waals surface area (Å²) in [6, 6.07) is 4.76. The highest BCUT2D eigenvalue weighted by molar-refractivity contribution is 14.1. The number of carbonyl (C=O) groups excluding carboxylic acids is 1. The van der Waals surface area contributed by atoms with Crippen LogP contribution in [0.2, 0.25) is 0 Å². The summed E-state index contributed by atoms with van der Waals surface area (Å²) < 4.78 is 0.830. The van der Waals surface area contributed by atoms with Crippen LogP contribution in [0.25, 0.3) is 0 Å². The van der Waals surface area contributed by atoms with E-state index in [9.17, 15) is 9.90 Å². The van der Waals surface area contributed by atoms with E-state index in [4.69, 9.17) is 5.73 Å². The second-order valence-electron chi connectivity index (χ2n) is 4.19. The molecule has 1 saturated heterocycles. The fourth-order valence-corrected chi connectivity index (χ4v) is 2.08. The van der Waals surface area contributed by atoms with Crippen molar-refractivity contribution in [1.82, 2.24) is 4.90 Å². The van der Waals surface area contributed by atoms with Crippen molar-refractivity contribution in [3.8, 4) is 0 Å². The summed E-state index contributed by atoms with van der Waals surface area (Å²) in [5.74, 6) is -1.24. The molecule has 0 aromatic heterocycles. The summed E-state index contributed by atoms with van der Waals surface area (Å²) in [7, 11) is 2.17. The fourth-order valence-electron chi connectivity index (χ4n) is 1.58. The average Bonchev–Trinajstić information content (AvgIpc) is 2.34. The Morgan fingerprint density at radius 3 is 2.44 bits per heavy atom. The molecule has 0 atom stereocenters. The number of hydrogen-bond donors (Lipinski definition) is 2. The minimum absolute atomic E-state index is 0.0527. The topological polar surface area (TPSA) is 86.0 Å². The lowest BCUT2D eigenvalue weighted by atomic mass is 10.2. The average molecular weight is 363 g/mol. The monoisotopic (exact) mass is 363 g/mol. The van der Waals surface area contributed by atoms with Gasteiger partial charge in [0, 0.05) is 27.9 Å². The molecule has 0 saturated carbocycles. The molecule has 0 radical (unpaired) electrons. The van der Waals surface area contributed by atoms with Crippen LogP contribution in [-0.2, 0) is 0 Å². The summed E-state index contributed by atoms with van der Waals surface area (Å²) in [6.07, 6.45) is 0. The number of aromatic carboxylic acids is 1. The van der Waals surface area contributed by atoms with Gasteiger partial charge in [-0.25, -0.2) is 0 Å². The lowest BCUT2D eigenvalue weighted by Crippen LogP contribution is -2.89. The number of nitrogens with zero attached hydrogens (tertiary/aromatic N) is 1. The molecule has 0 bridgehead atoms. The number of nitrogen functional groups attached to an aromatic ring is 1. The van der Waals surface area contributed by atoms with Gasteiger partial charge in [-0.15, -0.1) is 0 Å². The van der Waals surface area contributed by atoms with E-state index < -0.39 is 5.97 Å². The maximum atomic E-state index is 10.4. The maximum Gasteiger partial charge on any atom is 0.0884 e. The van der Waals surface area contributed by atoms with Crippen molar-refractivity contribution in [3.05, 3.63) is 27.3 Å². The first kappa shape index (κ1) is 15.2. The molecule has 0 spiro atoms. The molecule has 0 unspecified atom stereocenters. The number of halogens is 1. The Morgan fingerprint density at radius 1 is 1.44 bits per heavy atom. The van der Waals surface area contributed by atoms with Gasteiger partial charge in [0.15, 0.2) is 0 Å². The van der Waals surface area contributed by atoms with Crippen molar-refractivity contribution in [3.63, 3.8) is 0 Å². The predicted octanol–water partition coefficient (Wildman–Crippen LogP) is -1.27.